The molecule has 0 radical (unpaired) electrons. The van der Waals surface area contributed by atoms with Crippen LogP contribution in [0.1, 0.15) is 39.8 Å². The van der Waals surface area contributed by atoms with Crippen molar-refractivity contribution in [1.29, 1.82) is 0 Å². The van der Waals surface area contributed by atoms with Crippen molar-refractivity contribution in [2.24, 2.45) is 0 Å². The van der Waals surface area contributed by atoms with Gasteiger partial charge in [0.15, 0.2) is 5.75 Å². The van der Waals surface area contributed by atoms with Crippen molar-refractivity contribution in [3.05, 3.63) is 48.3 Å². The van der Waals surface area contributed by atoms with Crippen LogP contribution >= 0.6 is 12.2 Å². The number of nitrogens with one attached hydrogen (secondary N) is 1. The highest BCUT2D eigenvalue weighted by molar-refractivity contribution is 7.80. The Labute approximate surface area is 193 Å². The van der Waals surface area contributed by atoms with E-state index in [1.807, 2.05) is 44.2 Å². The van der Waals surface area contributed by atoms with E-state index in [-0.39, 0.29) is 22.5 Å². The number of benzene rings is 1. The third kappa shape index (κ3) is 6.91. The summed E-state index contributed by atoms with van der Waals surface area (Å²) < 4.78 is 22.0. The summed E-state index contributed by atoms with van der Waals surface area (Å²) in [6.07, 6.45) is 1.24. The molecule has 0 amide bonds. The maximum atomic E-state index is 12.7. The Hall–Kier alpha value is -3.20. The molecule has 2 rings (SSSR count). The predicted molar refractivity (Wildman–Crippen MR) is 123 cm³/mol. The van der Waals surface area contributed by atoms with Crippen LogP contribution in [0.2, 0.25) is 0 Å². The predicted octanol–water partition coefficient (Wildman–Crippen LogP) is 3.46. The average molecular weight is 461 g/mol. The molecule has 0 aliphatic heterocycles. The van der Waals surface area contributed by atoms with Crippen molar-refractivity contribution >= 4 is 29.1 Å². The molecule has 3 atom stereocenters. The molecule has 1 aromatic heterocycles. The highest BCUT2D eigenvalue weighted by Gasteiger charge is 2.26. The summed E-state index contributed by atoms with van der Waals surface area (Å²) in [5.74, 6) is 0.0222. The number of rotatable bonds is 10. The van der Waals surface area contributed by atoms with E-state index in [4.69, 9.17) is 31.2 Å². The van der Waals surface area contributed by atoms with Crippen molar-refractivity contribution in [3.63, 3.8) is 0 Å². The molecule has 1 aromatic carbocycles. The van der Waals surface area contributed by atoms with Gasteiger partial charge in [-0.05, 0) is 32.4 Å². The molecule has 8 nitrogen and oxygen atoms in total. The Morgan fingerprint density at radius 2 is 1.84 bits per heavy atom. The van der Waals surface area contributed by atoms with E-state index in [1.54, 1.807) is 13.0 Å². The van der Waals surface area contributed by atoms with E-state index in [2.05, 4.69) is 10.3 Å². The van der Waals surface area contributed by atoms with E-state index < -0.39 is 24.1 Å². The summed E-state index contributed by atoms with van der Waals surface area (Å²) in [6, 6.07) is 10.1. The van der Waals surface area contributed by atoms with Crippen LogP contribution in [0.4, 0.5) is 0 Å². The highest BCUT2D eigenvalue weighted by atomic mass is 32.1. The van der Waals surface area contributed by atoms with Crippen LogP contribution < -0.4 is 19.5 Å². The first kappa shape index (κ1) is 25.1. The topological polar surface area (TPSA) is 96.0 Å². The number of thiocarbonyl (C=S) groups is 1. The number of para-hydroxylation sites is 1. The van der Waals surface area contributed by atoms with E-state index in [1.165, 1.54) is 20.2 Å². The molecule has 0 unspecified atom stereocenters. The van der Waals surface area contributed by atoms with E-state index in [9.17, 15) is 9.59 Å². The van der Waals surface area contributed by atoms with Gasteiger partial charge in [-0.1, -0.05) is 37.3 Å². The molecule has 0 saturated heterocycles. The number of carbonyl (C=O) groups excluding carboxylic acids is 2. The van der Waals surface area contributed by atoms with Gasteiger partial charge < -0.3 is 24.3 Å². The largest absolute Gasteiger partial charge is 0.493 e. The summed E-state index contributed by atoms with van der Waals surface area (Å²) in [5.41, 5.74) is 0.182. The molecule has 1 heterocycles. The first-order valence-electron chi connectivity index (χ1n) is 10.2. The SMILES string of the molecule is CC[C@H](OC(=O)[C@H](C)NC(=S)c1nccc(OC)c1OC(C)=O)[C@@H](C)Oc1ccccc1. The Kier molecular flexibility index (Phi) is 9.39. The third-order valence-electron chi connectivity index (χ3n) is 4.51. The lowest BCUT2D eigenvalue weighted by Crippen LogP contribution is -2.43. The number of aromatic nitrogens is 1. The second-order valence-corrected chi connectivity index (χ2v) is 7.41. The molecule has 172 valence electrons. The molecule has 0 spiro atoms. The Morgan fingerprint density at radius 3 is 2.44 bits per heavy atom. The number of nitrogens with zero attached hydrogens (tertiary/aromatic N) is 1. The van der Waals surface area contributed by atoms with Gasteiger partial charge in [0.25, 0.3) is 0 Å². The zero-order valence-corrected chi connectivity index (χ0v) is 19.6. The zero-order chi connectivity index (χ0) is 23.7. The zero-order valence-electron chi connectivity index (χ0n) is 18.8. The molecule has 32 heavy (non-hydrogen) atoms. The molecular weight excluding hydrogens is 432 g/mol. The molecular formula is C23H28N2O6S. The van der Waals surface area contributed by atoms with Crippen LogP contribution in [0, 0.1) is 0 Å². The first-order chi connectivity index (χ1) is 15.3. The number of hydrogen-bond donors (Lipinski definition) is 1. The fraction of sp³-hybridized carbons (Fsp3) is 0.391. The molecule has 0 aliphatic carbocycles. The van der Waals surface area contributed by atoms with Crippen molar-refractivity contribution in [2.75, 3.05) is 7.11 Å². The van der Waals surface area contributed by atoms with Gasteiger partial charge in [0.2, 0.25) is 5.75 Å². The number of methoxy groups -OCH3 is 1. The minimum absolute atomic E-state index is 0.0804. The van der Waals surface area contributed by atoms with Crippen LogP contribution in [0.5, 0.6) is 17.2 Å². The van der Waals surface area contributed by atoms with Crippen molar-refractivity contribution in [2.45, 2.75) is 52.4 Å². The summed E-state index contributed by atoms with van der Waals surface area (Å²) in [4.78, 5) is 28.5. The van der Waals surface area contributed by atoms with Crippen molar-refractivity contribution in [1.82, 2.24) is 10.3 Å². The van der Waals surface area contributed by atoms with E-state index in [0.717, 1.165) is 0 Å². The Bertz CT molecular complexity index is 937. The van der Waals surface area contributed by atoms with Gasteiger partial charge in [-0.25, -0.2) is 9.78 Å². The lowest BCUT2D eigenvalue weighted by atomic mass is 10.1. The second kappa shape index (κ2) is 12.0. The molecule has 0 fully saturated rings. The number of carbonyl (C=O) groups is 2. The van der Waals surface area contributed by atoms with Crippen LogP contribution in [0.25, 0.3) is 0 Å². The normalized spacial score (nSPS) is 13.3. The molecule has 9 heteroatoms. The molecule has 0 aliphatic rings. The van der Waals surface area contributed by atoms with E-state index >= 15 is 0 Å². The van der Waals surface area contributed by atoms with Gasteiger partial charge in [-0.15, -0.1) is 0 Å². The first-order valence-corrected chi connectivity index (χ1v) is 10.6. The van der Waals surface area contributed by atoms with Gasteiger partial charge in [-0.2, -0.15) is 0 Å². The summed E-state index contributed by atoms with van der Waals surface area (Å²) in [5, 5.41) is 2.89. The van der Waals surface area contributed by atoms with Gasteiger partial charge in [0, 0.05) is 19.2 Å². The fourth-order valence-corrected chi connectivity index (χ4v) is 3.19. The van der Waals surface area contributed by atoms with Gasteiger partial charge in [0.05, 0.1) is 7.11 Å². The molecule has 0 saturated carbocycles. The fourth-order valence-electron chi connectivity index (χ4n) is 2.87. The smallest absolute Gasteiger partial charge is 0.328 e. The third-order valence-corrected chi connectivity index (χ3v) is 4.82. The van der Waals surface area contributed by atoms with E-state index in [0.29, 0.717) is 17.9 Å². The van der Waals surface area contributed by atoms with Crippen molar-refractivity contribution in [3.8, 4) is 17.2 Å². The number of pyridine rings is 1. The van der Waals surface area contributed by atoms with Crippen LogP contribution in [-0.2, 0) is 14.3 Å². The van der Waals surface area contributed by atoms with Gasteiger partial charge >= 0.3 is 11.9 Å². The second-order valence-electron chi connectivity index (χ2n) is 7.00. The van der Waals surface area contributed by atoms with Gasteiger partial charge in [-0.3, -0.25) is 4.79 Å². The van der Waals surface area contributed by atoms with Crippen LogP contribution in [0.3, 0.4) is 0 Å². The standard InChI is InChI=1S/C23H28N2O6S/c1-6-18(15(3)29-17-10-8-7-9-11-17)31-23(27)14(2)25-22(32)20-21(30-16(4)26)19(28-5)12-13-24-20/h7-15,18H,6H2,1-5H3,(H,25,32)/t14-,15+,18-/m0/s1. The molecule has 0 bridgehead atoms. The average Bonchev–Trinajstić information content (AvgIpc) is 2.77. The number of esters is 2. The quantitative estimate of drug-likeness (QED) is 0.422. The lowest BCUT2D eigenvalue weighted by molar-refractivity contribution is -0.155. The minimum Gasteiger partial charge on any atom is -0.493 e. The number of ether oxygens (including phenoxy) is 4. The molecule has 2 aromatic rings. The highest BCUT2D eigenvalue weighted by Crippen LogP contribution is 2.30. The Morgan fingerprint density at radius 1 is 1.16 bits per heavy atom. The van der Waals surface area contributed by atoms with Gasteiger partial charge in [0.1, 0.15) is 34.7 Å². The lowest BCUT2D eigenvalue weighted by Gasteiger charge is -2.26. The maximum absolute atomic E-state index is 12.7. The summed E-state index contributed by atoms with van der Waals surface area (Å²) in [6.45, 7) is 6.64. The Balaban J connectivity index is 2.05. The number of hydrogen-bond acceptors (Lipinski definition) is 8. The monoisotopic (exact) mass is 460 g/mol. The minimum atomic E-state index is -0.779. The van der Waals surface area contributed by atoms with Crippen LogP contribution in [0.15, 0.2) is 42.6 Å². The maximum Gasteiger partial charge on any atom is 0.328 e. The summed E-state index contributed by atoms with van der Waals surface area (Å²) in [7, 11) is 1.44. The van der Waals surface area contributed by atoms with Crippen LogP contribution in [-0.4, -0.2) is 47.3 Å². The van der Waals surface area contributed by atoms with Crippen molar-refractivity contribution < 1.29 is 28.5 Å². The summed E-state index contributed by atoms with van der Waals surface area (Å²) >= 11 is 5.39. The molecule has 1 N–H and O–H groups in total.